The second-order valence-electron chi connectivity index (χ2n) is 7.27. The van der Waals surface area contributed by atoms with E-state index in [1.54, 1.807) is 0 Å². The smallest absolute Gasteiger partial charge is 0.222 e. The molecule has 0 aliphatic heterocycles. The highest BCUT2D eigenvalue weighted by Crippen LogP contribution is 2.20. The average molecular weight is 327 g/mol. The van der Waals surface area contributed by atoms with Gasteiger partial charge in [0.2, 0.25) is 5.91 Å². The molecule has 3 nitrogen and oxygen atoms in total. The van der Waals surface area contributed by atoms with E-state index in [1.165, 1.54) is 64.2 Å². The first kappa shape index (κ1) is 22.4. The van der Waals surface area contributed by atoms with Crippen LogP contribution in [0.1, 0.15) is 97.3 Å². The molecule has 0 aromatic carbocycles. The van der Waals surface area contributed by atoms with Gasteiger partial charge in [-0.2, -0.15) is 0 Å². The van der Waals surface area contributed by atoms with Crippen LogP contribution in [0.25, 0.3) is 0 Å². The third kappa shape index (κ3) is 11.6. The van der Waals surface area contributed by atoms with E-state index in [0.717, 1.165) is 19.3 Å². The molecule has 2 N–H and O–H groups in total. The predicted octanol–water partition coefficient (Wildman–Crippen LogP) is 5.13. The molecule has 138 valence electrons. The van der Waals surface area contributed by atoms with Crippen molar-refractivity contribution in [3.8, 4) is 0 Å². The zero-order valence-electron chi connectivity index (χ0n) is 16.3. The summed E-state index contributed by atoms with van der Waals surface area (Å²) >= 11 is 0. The molecule has 0 saturated heterocycles. The standard InChI is InChI=1S/C20H42N2O/c1-5-7-8-9-10-11-12-13-14-15-16-17-18(20(21)23)19(6-2)22(3)4/h18-19H,5-17H2,1-4H3,(H2,21,23). The Bertz CT molecular complexity index is 279. The number of unbranched alkanes of at least 4 members (excludes halogenated alkanes) is 10. The summed E-state index contributed by atoms with van der Waals surface area (Å²) in [6.07, 6.45) is 16.7. The molecule has 0 radical (unpaired) electrons. The van der Waals surface area contributed by atoms with Gasteiger partial charge in [0.1, 0.15) is 0 Å². The normalized spacial score (nSPS) is 14.1. The Labute approximate surface area is 145 Å². The van der Waals surface area contributed by atoms with Crippen LogP contribution in [-0.2, 0) is 4.79 Å². The van der Waals surface area contributed by atoms with Crippen molar-refractivity contribution in [2.75, 3.05) is 14.1 Å². The minimum absolute atomic E-state index is 0.00793. The van der Waals surface area contributed by atoms with Crippen molar-refractivity contribution in [1.29, 1.82) is 0 Å². The molecule has 3 heteroatoms. The molecular formula is C20H42N2O. The number of rotatable bonds is 16. The highest BCUT2D eigenvalue weighted by atomic mass is 16.1. The van der Waals surface area contributed by atoms with E-state index in [4.69, 9.17) is 5.73 Å². The molecule has 23 heavy (non-hydrogen) atoms. The fourth-order valence-electron chi connectivity index (χ4n) is 3.56. The first-order chi connectivity index (χ1) is 11.0. The van der Waals surface area contributed by atoms with E-state index in [9.17, 15) is 4.79 Å². The largest absolute Gasteiger partial charge is 0.369 e. The Balaban J connectivity index is 3.66. The number of carbonyl (C=O) groups excluding carboxylic acids is 1. The molecule has 0 aliphatic carbocycles. The molecule has 0 saturated carbocycles. The minimum Gasteiger partial charge on any atom is -0.369 e. The van der Waals surface area contributed by atoms with Crippen LogP contribution in [0.3, 0.4) is 0 Å². The Hall–Kier alpha value is -0.570. The van der Waals surface area contributed by atoms with Gasteiger partial charge in [-0.1, -0.05) is 84.5 Å². The van der Waals surface area contributed by atoms with E-state index < -0.39 is 0 Å². The third-order valence-electron chi connectivity index (χ3n) is 5.03. The van der Waals surface area contributed by atoms with Gasteiger partial charge in [0.15, 0.2) is 0 Å². The lowest BCUT2D eigenvalue weighted by molar-refractivity contribution is -0.124. The van der Waals surface area contributed by atoms with E-state index in [2.05, 4.69) is 18.7 Å². The molecule has 0 aromatic rings. The highest BCUT2D eigenvalue weighted by Gasteiger charge is 2.26. The maximum atomic E-state index is 11.7. The molecule has 2 unspecified atom stereocenters. The lowest BCUT2D eigenvalue weighted by Gasteiger charge is -2.29. The van der Waals surface area contributed by atoms with Crippen LogP contribution in [0.4, 0.5) is 0 Å². The summed E-state index contributed by atoms with van der Waals surface area (Å²) in [6.45, 7) is 4.41. The van der Waals surface area contributed by atoms with Crippen LogP contribution in [0.15, 0.2) is 0 Å². The quantitative estimate of drug-likeness (QED) is 0.400. The molecule has 0 bridgehead atoms. The SMILES string of the molecule is CCCCCCCCCCCCCC(C(N)=O)C(CC)N(C)C. The van der Waals surface area contributed by atoms with E-state index in [1.807, 2.05) is 14.1 Å². The molecule has 0 fully saturated rings. The Kier molecular flexibility index (Phi) is 14.6. The number of amides is 1. The van der Waals surface area contributed by atoms with Gasteiger partial charge in [0, 0.05) is 6.04 Å². The summed E-state index contributed by atoms with van der Waals surface area (Å²) in [6, 6.07) is 0.288. The van der Waals surface area contributed by atoms with Gasteiger partial charge in [-0.25, -0.2) is 0 Å². The van der Waals surface area contributed by atoms with Crippen LogP contribution in [-0.4, -0.2) is 30.9 Å². The number of hydrogen-bond donors (Lipinski definition) is 1. The monoisotopic (exact) mass is 326 g/mol. The van der Waals surface area contributed by atoms with Crippen molar-refractivity contribution in [1.82, 2.24) is 4.90 Å². The van der Waals surface area contributed by atoms with E-state index >= 15 is 0 Å². The third-order valence-corrected chi connectivity index (χ3v) is 5.03. The molecule has 1 amide bonds. The van der Waals surface area contributed by atoms with Crippen molar-refractivity contribution in [2.45, 2.75) is 103 Å². The zero-order valence-corrected chi connectivity index (χ0v) is 16.3. The van der Waals surface area contributed by atoms with Gasteiger partial charge in [0.05, 0.1) is 5.92 Å². The number of carbonyl (C=O) groups is 1. The van der Waals surface area contributed by atoms with Gasteiger partial charge < -0.3 is 10.6 Å². The second-order valence-corrected chi connectivity index (χ2v) is 7.27. The van der Waals surface area contributed by atoms with Gasteiger partial charge in [0.25, 0.3) is 0 Å². The predicted molar refractivity (Wildman–Crippen MR) is 102 cm³/mol. The van der Waals surface area contributed by atoms with Gasteiger partial charge in [-0.15, -0.1) is 0 Å². The molecule has 0 aliphatic rings. The second kappa shape index (κ2) is 15.0. The highest BCUT2D eigenvalue weighted by molar-refractivity contribution is 5.77. The van der Waals surface area contributed by atoms with E-state index in [-0.39, 0.29) is 17.9 Å². The summed E-state index contributed by atoms with van der Waals surface area (Å²) in [5.41, 5.74) is 5.62. The number of primary amides is 1. The maximum absolute atomic E-state index is 11.7. The Morgan fingerprint density at radius 3 is 1.61 bits per heavy atom. The fourth-order valence-corrected chi connectivity index (χ4v) is 3.56. The average Bonchev–Trinajstić information content (AvgIpc) is 2.50. The lowest BCUT2D eigenvalue weighted by Crippen LogP contribution is -2.41. The number of nitrogens with zero attached hydrogens (tertiary/aromatic N) is 1. The molecule has 2 atom stereocenters. The zero-order chi connectivity index (χ0) is 17.5. The van der Waals surface area contributed by atoms with Crippen LogP contribution >= 0.6 is 0 Å². The number of hydrogen-bond acceptors (Lipinski definition) is 2. The first-order valence-electron chi connectivity index (χ1n) is 10.00. The van der Waals surface area contributed by atoms with E-state index in [0.29, 0.717) is 0 Å². The van der Waals surface area contributed by atoms with Crippen molar-refractivity contribution in [3.63, 3.8) is 0 Å². The van der Waals surface area contributed by atoms with Crippen molar-refractivity contribution in [3.05, 3.63) is 0 Å². The van der Waals surface area contributed by atoms with Gasteiger partial charge >= 0.3 is 0 Å². The van der Waals surface area contributed by atoms with Crippen molar-refractivity contribution in [2.24, 2.45) is 11.7 Å². The molecular weight excluding hydrogens is 284 g/mol. The summed E-state index contributed by atoms with van der Waals surface area (Å²) in [4.78, 5) is 13.9. The fraction of sp³-hybridized carbons (Fsp3) is 0.950. The molecule has 0 heterocycles. The van der Waals surface area contributed by atoms with Crippen LogP contribution < -0.4 is 5.73 Å². The van der Waals surface area contributed by atoms with Crippen LogP contribution in [0.2, 0.25) is 0 Å². The van der Waals surface area contributed by atoms with Crippen LogP contribution in [0, 0.1) is 5.92 Å². The Morgan fingerprint density at radius 1 is 0.826 bits per heavy atom. The Morgan fingerprint density at radius 2 is 1.26 bits per heavy atom. The van der Waals surface area contributed by atoms with Gasteiger partial charge in [-0.3, -0.25) is 4.79 Å². The first-order valence-corrected chi connectivity index (χ1v) is 10.00. The molecule has 0 rings (SSSR count). The summed E-state index contributed by atoms with van der Waals surface area (Å²) in [7, 11) is 4.09. The number of nitrogens with two attached hydrogens (primary N) is 1. The minimum atomic E-state index is -0.127. The van der Waals surface area contributed by atoms with Crippen molar-refractivity contribution < 1.29 is 4.79 Å². The topological polar surface area (TPSA) is 46.3 Å². The molecule has 0 aromatic heterocycles. The summed E-state index contributed by atoms with van der Waals surface area (Å²) < 4.78 is 0. The lowest BCUT2D eigenvalue weighted by atomic mass is 9.90. The summed E-state index contributed by atoms with van der Waals surface area (Å²) in [5.74, 6) is -0.119. The molecule has 0 spiro atoms. The summed E-state index contributed by atoms with van der Waals surface area (Å²) in [5, 5.41) is 0. The maximum Gasteiger partial charge on any atom is 0.222 e. The van der Waals surface area contributed by atoms with Crippen molar-refractivity contribution >= 4 is 5.91 Å². The van der Waals surface area contributed by atoms with Crippen LogP contribution in [0.5, 0.6) is 0 Å². The van der Waals surface area contributed by atoms with Gasteiger partial charge in [-0.05, 0) is 26.9 Å².